The van der Waals surface area contributed by atoms with Gasteiger partial charge in [-0.05, 0) is 54.7 Å². The van der Waals surface area contributed by atoms with Gasteiger partial charge in [-0.3, -0.25) is 9.59 Å². The molecule has 1 aliphatic heterocycles. The van der Waals surface area contributed by atoms with Crippen LogP contribution in [-0.4, -0.2) is 42.5 Å². The summed E-state index contributed by atoms with van der Waals surface area (Å²) in [6, 6.07) is 13.0. The fourth-order valence-electron chi connectivity index (χ4n) is 3.51. The van der Waals surface area contributed by atoms with Gasteiger partial charge in [-0.15, -0.1) is 0 Å². The SMILES string of the molecule is CC(C)CNC(=O)C(C)N(Cc1cccc(Br)c1)C(=O)CCc1ccc2c(c1)OCCO2. The first-order valence-corrected chi connectivity index (χ1v) is 11.8. The summed E-state index contributed by atoms with van der Waals surface area (Å²) in [4.78, 5) is 27.7. The predicted molar refractivity (Wildman–Crippen MR) is 128 cm³/mol. The summed E-state index contributed by atoms with van der Waals surface area (Å²) < 4.78 is 12.2. The third-order valence-electron chi connectivity index (χ3n) is 5.33. The first-order valence-electron chi connectivity index (χ1n) is 11.0. The van der Waals surface area contributed by atoms with Crippen LogP contribution in [0.4, 0.5) is 0 Å². The number of rotatable bonds is 9. The number of hydrogen-bond donors (Lipinski definition) is 1. The zero-order chi connectivity index (χ0) is 23.1. The molecule has 1 N–H and O–H groups in total. The molecule has 2 aromatic carbocycles. The van der Waals surface area contributed by atoms with Crippen LogP contribution in [0.15, 0.2) is 46.9 Å². The van der Waals surface area contributed by atoms with Crippen molar-refractivity contribution in [3.8, 4) is 11.5 Å². The number of benzene rings is 2. The van der Waals surface area contributed by atoms with E-state index in [2.05, 4.69) is 21.2 Å². The molecule has 0 saturated carbocycles. The van der Waals surface area contributed by atoms with Gasteiger partial charge in [-0.25, -0.2) is 0 Å². The molecule has 0 bridgehead atoms. The number of carbonyl (C=O) groups is 2. The second-order valence-corrected chi connectivity index (χ2v) is 9.36. The molecule has 0 spiro atoms. The fourth-order valence-corrected chi connectivity index (χ4v) is 3.95. The van der Waals surface area contributed by atoms with Gasteiger partial charge in [0.1, 0.15) is 19.3 Å². The van der Waals surface area contributed by atoms with E-state index in [1.807, 2.05) is 56.3 Å². The van der Waals surface area contributed by atoms with Crippen LogP contribution in [0.25, 0.3) is 0 Å². The summed E-state index contributed by atoms with van der Waals surface area (Å²) >= 11 is 3.48. The molecule has 2 amide bonds. The molecular weight excluding hydrogens is 472 g/mol. The van der Waals surface area contributed by atoms with E-state index in [9.17, 15) is 9.59 Å². The lowest BCUT2D eigenvalue weighted by Crippen LogP contribution is -2.48. The quantitative estimate of drug-likeness (QED) is 0.553. The Kier molecular flexibility index (Phi) is 8.56. The highest BCUT2D eigenvalue weighted by atomic mass is 79.9. The van der Waals surface area contributed by atoms with Crippen molar-refractivity contribution in [2.75, 3.05) is 19.8 Å². The van der Waals surface area contributed by atoms with E-state index < -0.39 is 6.04 Å². The average Bonchev–Trinajstić information content (AvgIpc) is 2.78. The summed E-state index contributed by atoms with van der Waals surface area (Å²) in [5.41, 5.74) is 1.97. The highest BCUT2D eigenvalue weighted by molar-refractivity contribution is 9.10. The maximum Gasteiger partial charge on any atom is 0.242 e. The summed E-state index contributed by atoms with van der Waals surface area (Å²) in [5.74, 6) is 1.59. The van der Waals surface area contributed by atoms with Crippen LogP contribution < -0.4 is 14.8 Å². The van der Waals surface area contributed by atoms with Gasteiger partial charge in [-0.1, -0.05) is 48.0 Å². The second-order valence-electron chi connectivity index (χ2n) is 8.44. The van der Waals surface area contributed by atoms with Crippen molar-refractivity contribution in [1.29, 1.82) is 0 Å². The molecule has 0 saturated heterocycles. The van der Waals surface area contributed by atoms with Gasteiger partial charge in [0.2, 0.25) is 11.8 Å². The number of amides is 2. The first-order chi connectivity index (χ1) is 15.3. The molecule has 3 rings (SSSR count). The van der Waals surface area contributed by atoms with Gasteiger partial charge < -0.3 is 19.7 Å². The van der Waals surface area contributed by atoms with Crippen LogP contribution in [0, 0.1) is 5.92 Å². The lowest BCUT2D eigenvalue weighted by Gasteiger charge is -2.29. The van der Waals surface area contributed by atoms with E-state index in [4.69, 9.17) is 9.47 Å². The highest BCUT2D eigenvalue weighted by Crippen LogP contribution is 2.31. The predicted octanol–water partition coefficient (Wildman–Crippen LogP) is 4.34. The smallest absolute Gasteiger partial charge is 0.242 e. The lowest BCUT2D eigenvalue weighted by molar-refractivity contribution is -0.140. The molecule has 0 radical (unpaired) electrons. The Bertz CT molecular complexity index is 947. The van der Waals surface area contributed by atoms with Crippen molar-refractivity contribution in [3.05, 3.63) is 58.1 Å². The van der Waals surface area contributed by atoms with E-state index in [0.29, 0.717) is 50.8 Å². The van der Waals surface area contributed by atoms with Gasteiger partial charge >= 0.3 is 0 Å². The molecule has 0 aromatic heterocycles. The van der Waals surface area contributed by atoms with E-state index in [0.717, 1.165) is 21.3 Å². The van der Waals surface area contributed by atoms with Crippen molar-refractivity contribution in [1.82, 2.24) is 10.2 Å². The Balaban J connectivity index is 1.70. The molecule has 0 fully saturated rings. The Morgan fingerprint density at radius 3 is 2.50 bits per heavy atom. The zero-order valence-electron chi connectivity index (χ0n) is 18.9. The van der Waals surface area contributed by atoms with Crippen molar-refractivity contribution < 1.29 is 19.1 Å². The lowest BCUT2D eigenvalue weighted by atomic mass is 10.1. The number of hydrogen-bond acceptors (Lipinski definition) is 4. The van der Waals surface area contributed by atoms with Crippen LogP contribution in [0.3, 0.4) is 0 Å². The van der Waals surface area contributed by atoms with Gasteiger partial charge in [-0.2, -0.15) is 0 Å². The number of ether oxygens (including phenoxy) is 2. The minimum Gasteiger partial charge on any atom is -0.486 e. The largest absolute Gasteiger partial charge is 0.486 e. The second kappa shape index (κ2) is 11.4. The van der Waals surface area contributed by atoms with Gasteiger partial charge in [0.15, 0.2) is 11.5 Å². The highest BCUT2D eigenvalue weighted by Gasteiger charge is 2.26. The van der Waals surface area contributed by atoms with Crippen LogP contribution in [-0.2, 0) is 22.6 Å². The van der Waals surface area contributed by atoms with Gasteiger partial charge in [0, 0.05) is 24.0 Å². The van der Waals surface area contributed by atoms with Crippen molar-refractivity contribution >= 4 is 27.7 Å². The van der Waals surface area contributed by atoms with Crippen LogP contribution in [0.5, 0.6) is 11.5 Å². The summed E-state index contributed by atoms with van der Waals surface area (Å²) in [7, 11) is 0. The number of halogens is 1. The molecule has 0 aliphatic carbocycles. The minimum atomic E-state index is -0.569. The van der Waals surface area contributed by atoms with Gasteiger partial charge in [0.25, 0.3) is 0 Å². The first kappa shape index (κ1) is 24.1. The monoisotopic (exact) mass is 502 g/mol. The molecule has 1 aliphatic rings. The number of carbonyl (C=O) groups excluding carboxylic acids is 2. The molecule has 1 heterocycles. The Morgan fingerprint density at radius 1 is 1.03 bits per heavy atom. The number of fused-ring (bicyclic) bond motifs is 1. The normalized spacial score (nSPS) is 13.5. The molecular formula is C25H31BrN2O4. The van der Waals surface area contributed by atoms with E-state index in [1.54, 1.807) is 11.8 Å². The Labute approximate surface area is 198 Å². The Morgan fingerprint density at radius 2 is 1.78 bits per heavy atom. The molecule has 1 unspecified atom stereocenters. The minimum absolute atomic E-state index is 0.0629. The fraction of sp³-hybridized carbons (Fsp3) is 0.440. The third kappa shape index (κ3) is 6.73. The standard InChI is InChI=1S/C25H31BrN2O4/c1-17(2)15-27-25(30)18(3)28(16-20-5-4-6-21(26)13-20)24(29)10-8-19-7-9-22-23(14-19)32-12-11-31-22/h4-7,9,13-14,17-18H,8,10-12,15-16H2,1-3H3,(H,27,30). The topological polar surface area (TPSA) is 67.9 Å². The molecule has 7 heteroatoms. The van der Waals surface area contributed by atoms with Crippen LogP contribution in [0.2, 0.25) is 0 Å². The van der Waals surface area contributed by atoms with Crippen molar-refractivity contribution in [2.45, 2.75) is 46.2 Å². The zero-order valence-corrected chi connectivity index (χ0v) is 20.5. The molecule has 6 nitrogen and oxygen atoms in total. The van der Waals surface area contributed by atoms with E-state index in [-0.39, 0.29) is 11.8 Å². The molecule has 1 atom stereocenters. The van der Waals surface area contributed by atoms with Crippen molar-refractivity contribution in [3.63, 3.8) is 0 Å². The maximum atomic E-state index is 13.3. The average molecular weight is 503 g/mol. The van der Waals surface area contributed by atoms with E-state index >= 15 is 0 Å². The summed E-state index contributed by atoms with van der Waals surface area (Å²) in [6.45, 7) is 7.90. The Hall–Kier alpha value is -2.54. The van der Waals surface area contributed by atoms with Crippen LogP contribution >= 0.6 is 15.9 Å². The van der Waals surface area contributed by atoms with Crippen LogP contribution in [0.1, 0.15) is 38.3 Å². The van der Waals surface area contributed by atoms with Gasteiger partial charge in [0.05, 0.1) is 0 Å². The molecule has 172 valence electrons. The molecule has 2 aromatic rings. The molecule has 32 heavy (non-hydrogen) atoms. The van der Waals surface area contributed by atoms with E-state index in [1.165, 1.54) is 0 Å². The summed E-state index contributed by atoms with van der Waals surface area (Å²) in [5, 5.41) is 2.95. The van der Waals surface area contributed by atoms with Crippen molar-refractivity contribution in [2.24, 2.45) is 5.92 Å². The number of aryl methyl sites for hydroxylation is 1. The maximum absolute atomic E-state index is 13.3. The summed E-state index contributed by atoms with van der Waals surface area (Å²) in [6.07, 6.45) is 0.861. The number of nitrogens with zero attached hydrogens (tertiary/aromatic N) is 1. The third-order valence-corrected chi connectivity index (χ3v) is 5.82. The number of nitrogens with one attached hydrogen (secondary N) is 1.